The van der Waals surface area contributed by atoms with E-state index in [0.29, 0.717) is 11.6 Å². The Bertz CT molecular complexity index is 860. The molecule has 0 radical (unpaired) electrons. The van der Waals surface area contributed by atoms with Gasteiger partial charge in [-0.1, -0.05) is 41.6 Å². The number of nitrogens with one attached hydrogen (secondary N) is 1. The van der Waals surface area contributed by atoms with Gasteiger partial charge in [-0.15, -0.1) is 5.10 Å². The van der Waals surface area contributed by atoms with Crippen molar-refractivity contribution < 1.29 is 9.53 Å². The minimum Gasteiger partial charge on any atom is -0.497 e. The second-order valence-corrected chi connectivity index (χ2v) is 7.30. The van der Waals surface area contributed by atoms with Crippen molar-refractivity contribution in [2.75, 3.05) is 7.11 Å². The summed E-state index contributed by atoms with van der Waals surface area (Å²) in [7, 11) is 1.63. The van der Waals surface area contributed by atoms with E-state index >= 15 is 0 Å². The molecule has 134 valence electrons. The normalized spacial score (nSPS) is 18.9. The van der Waals surface area contributed by atoms with Crippen LogP contribution >= 0.6 is 11.8 Å². The fourth-order valence-electron chi connectivity index (χ4n) is 2.65. The van der Waals surface area contributed by atoms with Crippen LogP contribution in [0.4, 0.5) is 0 Å². The maximum atomic E-state index is 12.2. The molecule has 0 bridgehead atoms. The SMILES string of the molecule is COc1ccc(C(C)=N/N=C2\NC(=O)C(Cc3cccc(C)c3)S2)cc1. The van der Waals surface area contributed by atoms with Crippen LogP contribution in [0.25, 0.3) is 0 Å². The van der Waals surface area contributed by atoms with Gasteiger partial charge in [0.2, 0.25) is 5.91 Å². The lowest BCUT2D eigenvalue weighted by Crippen LogP contribution is -2.26. The number of amides is 1. The number of methoxy groups -OCH3 is 1. The van der Waals surface area contributed by atoms with Gasteiger partial charge in [0, 0.05) is 0 Å². The standard InChI is InChI=1S/C20H21N3O2S/c1-13-5-4-6-15(11-13)12-18-19(24)21-20(26-18)23-22-14(2)16-7-9-17(25-3)10-8-16/h4-11,18H,12H2,1-3H3,(H,21,23,24). The summed E-state index contributed by atoms with van der Waals surface area (Å²) in [6, 6.07) is 15.8. The van der Waals surface area contributed by atoms with E-state index in [4.69, 9.17) is 4.74 Å². The number of carbonyl (C=O) groups excluding carboxylic acids is 1. The van der Waals surface area contributed by atoms with Gasteiger partial charge in [-0.2, -0.15) is 5.10 Å². The van der Waals surface area contributed by atoms with Crippen LogP contribution in [0, 0.1) is 6.92 Å². The predicted molar refractivity (Wildman–Crippen MR) is 107 cm³/mol. The van der Waals surface area contributed by atoms with Crippen LogP contribution in [-0.4, -0.2) is 29.1 Å². The summed E-state index contributed by atoms with van der Waals surface area (Å²) in [5, 5.41) is 11.6. The van der Waals surface area contributed by atoms with Crippen LogP contribution in [0.5, 0.6) is 5.75 Å². The molecule has 1 N–H and O–H groups in total. The second-order valence-electron chi connectivity index (χ2n) is 6.11. The number of hydrogen-bond donors (Lipinski definition) is 1. The lowest BCUT2D eigenvalue weighted by molar-refractivity contribution is -0.118. The second kappa shape index (κ2) is 8.19. The zero-order chi connectivity index (χ0) is 18.5. The van der Waals surface area contributed by atoms with E-state index in [2.05, 4.69) is 34.6 Å². The molecule has 0 aromatic heterocycles. The first kappa shape index (κ1) is 18.2. The third kappa shape index (κ3) is 4.52. The Labute approximate surface area is 157 Å². The Morgan fingerprint density at radius 3 is 2.69 bits per heavy atom. The van der Waals surface area contributed by atoms with E-state index in [1.165, 1.54) is 17.3 Å². The molecule has 26 heavy (non-hydrogen) atoms. The van der Waals surface area contributed by atoms with Crippen molar-refractivity contribution in [2.45, 2.75) is 25.5 Å². The molecule has 1 unspecified atom stereocenters. The van der Waals surface area contributed by atoms with Crippen LogP contribution in [0.1, 0.15) is 23.6 Å². The molecule has 1 atom stereocenters. The molecule has 1 saturated heterocycles. The number of rotatable bonds is 5. The first-order chi connectivity index (χ1) is 12.5. The summed E-state index contributed by atoms with van der Waals surface area (Å²) in [5.74, 6) is 0.776. The fourth-order valence-corrected chi connectivity index (χ4v) is 3.61. The van der Waals surface area contributed by atoms with Gasteiger partial charge in [0.25, 0.3) is 0 Å². The molecule has 2 aromatic rings. The van der Waals surface area contributed by atoms with Crippen molar-refractivity contribution in [3.05, 3.63) is 65.2 Å². The molecule has 0 spiro atoms. The number of amidine groups is 1. The molecule has 1 aliphatic heterocycles. The van der Waals surface area contributed by atoms with E-state index in [1.807, 2.05) is 43.3 Å². The minimum atomic E-state index is -0.174. The minimum absolute atomic E-state index is 0.0208. The van der Waals surface area contributed by atoms with Gasteiger partial charge in [0.05, 0.1) is 18.1 Å². The molecule has 3 rings (SSSR count). The molecule has 6 heteroatoms. The van der Waals surface area contributed by atoms with Crippen molar-refractivity contribution in [3.8, 4) is 5.75 Å². The van der Waals surface area contributed by atoms with E-state index in [-0.39, 0.29) is 11.2 Å². The number of thioether (sulfide) groups is 1. The topological polar surface area (TPSA) is 63.1 Å². The lowest BCUT2D eigenvalue weighted by atomic mass is 10.1. The van der Waals surface area contributed by atoms with Crippen LogP contribution in [0.15, 0.2) is 58.7 Å². The number of hydrogen-bond acceptors (Lipinski definition) is 5. The van der Waals surface area contributed by atoms with Gasteiger partial charge in [-0.05, 0) is 55.7 Å². The van der Waals surface area contributed by atoms with Crippen molar-refractivity contribution >= 4 is 28.5 Å². The Morgan fingerprint density at radius 2 is 2.00 bits per heavy atom. The molecule has 1 fully saturated rings. The molecule has 0 saturated carbocycles. The number of nitrogens with zero attached hydrogens (tertiary/aromatic N) is 2. The van der Waals surface area contributed by atoms with Crippen LogP contribution in [-0.2, 0) is 11.2 Å². The molecular weight excluding hydrogens is 346 g/mol. The molecule has 2 aromatic carbocycles. The van der Waals surface area contributed by atoms with E-state index in [0.717, 1.165) is 22.6 Å². The summed E-state index contributed by atoms with van der Waals surface area (Å²) >= 11 is 1.42. The van der Waals surface area contributed by atoms with Gasteiger partial charge >= 0.3 is 0 Å². The van der Waals surface area contributed by atoms with Gasteiger partial charge in [-0.3, -0.25) is 4.79 Å². The quantitative estimate of drug-likeness (QED) is 0.649. The highest BCUT2D eigenvalue weighted by Gasteiger charge is 2.30. The molecule has 1 amide bonds. The van der Waals surface area contributed by atoms with Crippen LogP contribution in [0.3, 0.4) is 0 Å². The average Bonchev–Trinajstić information content (AvgIpc) is 2.99. The van der Waals surface area contributed by atoms with Crippen LogP contribution < -0.4 is 10.1 Å². The number of carbonyl (C=O) groups is 1. The highest BCUT2D eigenvalue weighted by molar-refractivity contribution is 8.15. The highest BCUT2D eigenvalue weighted by atomic mass is 32.2. The Morgan fingerprint density at radius 1 is 1.23 bits per heavy atom. The lowest BCUT2D eigenvalue weighted by Gasteiger charge is -2.05. The van der Waals surface area contributed by atoms with Gasteiger partial charge in [-0.25, -0.2) is 0 Å². The van der Waals surface area contributed by atoms with Gasteiger partial charge in [0.1, 0.15) is 5.75 Å². The molecule has 1 aliphatic rings. The number of ether oxygens (including phenoxy) is 1. The maximum absolute atomic E-state index is 12.2. The summed E-state index contributed by atoms with van der Waals surface area (Å²) in [6.07, 6.45) is 0.679. The number of benzene rings is 2. The first-order valence-corrected chi connectivity index (χ1v) is 9.23. The van der Waals surface area contributed by atoms with Crippen molar-refractivity contribution in [3.63, 3.8) is 0 Å². The predicted octanol–water partition coefficient (Wildman–Crippen LogP) is 3.56. The van der Waals surface area contributed by atoms with Gasteiger partial charge in [0.15, 0.2) is 5.17 Å². The molecule has 0 aliphatic carbocycles. The fraction of sp³-hybridized carbons (Fsp3) is 0.250. The van der Waals surface area contributed by atoms with E-state index in [9.17, 15) is 4.79 Å². The average molecular weight is 367 g/mol. The van der Waals surface area contributed by atoms with Crippen LogP contribution in [0.2, 0.25) is 0 Å². The van der Waals surface area contributed by atoms with E-state index < -0.39 is 0 Å². The zero-order valence-corrected chi connectivity index (χ0v) is 15.8. The monoisotopic (exact) mass is 367 g/mol. The van der Waals surface area contributed by atoms with Gasteiger partial charge < -0.3 is 10.1 Å². The van der Waals surface area contributed by atoms with Crippen molar-refractivity contribution in [2.24, 2.45) is 10.2 Å². The first-order valence-electron chi connectivity index (χ1n) is 8.35. The Hall–Kier alpha value is -2.60. The summed E-state index contributed by atoms with van der Waals surface area (Å²) < 4.78 is 5.15. The highest BCUT2D eigenvalue weighted by Crippen LogP contribution is 2.24. The van der Waals surface area contributed by atoms with Crippen molar-refractivity contribution in [1.82, 2.24) is 5.32 Å². The third-order valence-corrected chi connectivity index (χ3v) is 5.15. The molecular formula is C20H21N3O2S. The number of aryl methyl sites for hydroxylation is 1. The summed E-state index contributed by atoms with van der Waals surface area (Å²) in [4.78, 5) is 12.2. The zero-order valence-electron chi connectivity index (χ0n) is 15.0. The third-order valence-electron chi connectivity index (χ3n) is 4.08. The van der Waals surface area contributed by atoms with Crippen molar-refractivity contribution in [1.29, 1.82) is 0 Å². The summed E-state index contributed by atoms with van der Waals surface area (Å²) in [5.41, 5.74) is 4.08. The Kier molecular flexibility index (Phi) is 5.73. The molecule has 1 heterocycles. The Balaban J connectivity index is 1.67. The molecule has 5 nitrogen and oxygen atoms in total. The summed E-state index contributed by atoms with van der Waals surface area (Å²) in [6.45, 7) is 3.94. The van der Waals surface area contributed by atoms with E-state index in [1.54, 1.807) is 7.11 Å². The largest absolute Gasteiger partial charge is 0.497 e. The maximum Gasteiger partial charge on any atom is 0.239 e. The smallest absolute Gasteiger partial charge is 0.239 e.